The van der Waals surface area contributed by atoms with Crippen molar-refractivity contribution in [2.45, 2.75) is 18.9 Å². The maximum Gasteiger partial charge on any atom is 0.255 e. The Morgan fingerprint density at radius 1 is 0.848 bits per heavy atom. The van der Waals surface area contributed by atoms with Crippen molar-refractivity contribution in [2.24, 2.45) is 5.73 Å². The fourth-order valence-electron chi connectivity index (χ4n) is 3.49. The third-order valence-corrected chi connectivity index (χ3v) is 5.18. The van der Waals surface area contributed by atoms with Gasteiger partial charge in [0.2, 0.25) is 5.75 Å². The number of Topliss-reactive ketones (excluding diaryl/α,β-unsaturated/α-hetero) is 1. The Hall–Kier alpha value is -3.84. The number of nitrogens with one attached hydrogen (secondary N) is 1. The molecule has 7 heteroatoms. The number of nitrogens with two attached hydrogens (primary N) is 1. The molecule has 1 atom stereocenters. The molecule has 3 aromatic rings. The summed E-state index contributed by atoms with van der Waals surface area (Å²) in [5, 5.41) is 2.87. The molecule has 0 saturated carbocycles. The Balaban J connectivity index is 1.61. The number of methoxy groups -OCH3 is 3. The van der Waals surface area contributed by atoms with Crippen molar-refractivity contribution in [1.82, 2.24) is 0 Å². The summed E-state index contributed by atoms with van der Waals surface area (Å²) in [5.41, 5.74) is 8.95. The highest BCUT2D eigenvalue weighted by atomic mass is 16.5. The van der Waals surface area contributed by atoms with Crippen molar-refractivity contribution in [2.75, 3.05) is 26.6 Å². The van der Waals surface area contributed by atoms with Gasteiger partial charge in [0.05, 0.1) is 21.3 Å². The quantitative estimate of drug-likeness (QED) is 0.453. The number of ketones is 1. The molecular formula is C26H28N2O5. The van der Waals surface area contributed by atoms with E-state index < -0.39 is 0 Å². The Kier molecular flexibility index (Phi) is 8.05. The normalized spacial score (nSPS) is 11.4. The molecule has 3 N–H and O–H groups in total. The lowest BCUT2D eigenvalue weighted by molar-refractivity contribution is 0.0972. The van der Waals surface area contributed by atoms with Crippen LogP contribution in [0.5, 0.6) is 17.2 Å². The summed E-state index contributed by atoms with van der Waals surface area (Å²) < 4.78 is 15.9. The molecule has 1 amide bonds. The van der Waals surface area contributed by atoms with Gasteiger partial charge in [0.25, 0.3) is 5.91 Å². The van der Waals surface area contributed by atoms with Crippen LogP contribution in [0, 0.1) is 0 Å². The van der Waals surface area contributed by atoms with Gasteiger partial charge in [-0.15, -0.1) is 0 Å². The van der Waals surface area contributed by atoms with Gasteiger partial charge in [-0.1, -0.05) is 30.3 Å². The monoisotopic (exact) mass is 448 g/mol. The second kappa shape index (κ2) is 11.2. The Morgan fingerprint density at radius 3 is 2.00 bits per heavy atom. The van der Waals surface area contributed by atoms with Gasteiger partial charge in [0, 0.05) is 29.3 Å². The summed E-state index contributed by atoms with van der Waals surface area (Å²) in [6.07, 6.45) is 0.675. The SMILES string of the molecule is COc1cc(C(=O)CC(N)Cc2ccc(NC(=O)c3ccccc3)cc2)cc(OC)c1OC. The van der Waals surface area contributed by atoms with Crippen molar-refractivity contribution in [1.29, 1.82) is 0 Å². The average molecular weight is 449 g/mol. The van der Waals surface area contributed by atoms with Crippen molar-refractivity contribution in [3.05, 3.63) is 83.4 Å². The van der Waals surface area contributed by atoms with Gasteiger partial charge in [-0.25, -0.2) is 0 Å². The van der Waals surface area contributed by atoms with E-state index in [1.54, 1.807) is 24.3 Å². The van der Waals surface area contributed by atoms with Crippen LogP contribution in [0.15, 0.2) is 66.7 Å². The number of benzene rings is 3. The molecule has 3 aromatic carbocycles. The molecule has 3 rings (SSSR count). The van der Waals surface area contributed by atoms with Crippen LogP contribution < -0.4 is 25.3 Å². The van der Waals surface area contributed by atoms with Gasteiger partial charge in [-0.3, -0.25) is 9.59 Å². The molecular weight excluding hydrogens is 420 g/mol. The van der Waals surface area contributed by atoms with Gasteiger partial charge in [-0.05, 0) is 48.4 Å². The lowest BCUT2D eigenvalue weighted by atomic mass is 9.98. The van der Waals surface area contributed by atoms with Crippen LogP contribution in [0.3, 0.4) is 0 Å². The standard InChI is InChI=1S/C26H28N2O5/c1-31-23-14-19(15-24(32-2)25(23)33-3)22(29)16-20(27)13-17-9-11-21(12-10-17)28-26(30)18-7-5-4-6-8-18/h4-12,14-15,20H,13,16,27H2,1-3H3,(H,28,30). The predicted molar refractivity (Wildman–Crippen MR) is 128 cm³/mol. The van der Waals surface area contributed by atoms with Crippen LogP contribution in [0.4, 0.5) is 5.69 Å². The lowest BCUT2D eigenvalue weighted by Gasteiger charge is -2.15. The summed E-state index contributed by atoms with van der Waals surface area (Å²) in [5.74, 6) is 0.980. The third kappa shape index (κ3) is 6.11. The molecule has 7 nitrogen and oxygen atoms in total. The number of anilines is 1. The van der Waals surface area contributed by atoms with Crippen LogP contribution in [0.25, 0.3) is 0 Å². The molecule has 0 saturated heterocycles. The van der Waals surface area contributed by atoms with E-state index in [2.05, 4.69) is 5.32 Å². The molecule has 0 fully saturated rings. The number of ether oxygens (including phenoxy) is 3. The Labute approximate surface area is 193 Å². The summed E-state index contributed by atoms with van der Waals surface area (Å²) >= 11 is 0. The van der Waals surface area contributed by atoms with E-state index >= 15 is 0 Å². The average Bonchev–Trinajstić information content (AvgIpc) is 2.84. The maximum absolute atomic E-state index is 12.8. The first-order valence-corrected chi connectivity index (χ1v) is 10.5. The van der Waals surface area contributed by atoms with Crippen molar-refractivity contribution < 1.29 is 23.8 Å². The van der Waals surface area contributed by atoms with E-state index in [-0.39, 0.29) is 24.2 Å². The summed E-state index contributed by atoms with van der Waals surface area (Å²) in [7, 11) is 4.52. The van der Waals surface area contributed by atoms with Crippen LogP contribution in [-0.4, -0.2) is 39.1 Å². The van der Waals surface area contributed by atoms with Crippen LogP contribution in [-0.2, 0) is 6.42 Å². The zero-order valence-corrected chi connectivity index (χ0v) is 19.0. The van der Waals surface area contributed by atoms with Gasteiger partial charge in [0.15, 0.2) is 17.3 Å². The smallest absolute Gasteiger partial charge is 0.255 e. The van der Waals surface area contributed by atoms with E-state index in [9.17, 15) is 9.59 Å². The van der Waals surface area contributed by atoms with E-state index in [0.29, 0.717) is 40.5 Å². The minimum Gasteiger partial charge on any atom is -0.493 e. The zero-order chi connectivity index (χ0) is 23.8. The number of carbonyl (C=O) groups excluding carboxylic acids is 2. The molecule has 0 spiro atoms. The number of rotatable bonds is 10. The van der Waals surface area contributed by atoms with Gasteiger partial charge >= 0.3 is 0 Å². The predicted octanol–water partition coefficient (Wildman–Crippen LogP) is 4.11. The molecule has 0 bridgehead atoms. The number of carbonyl (C=O) groups is 2. The van der Waals surface area contributed by atoms with Crippen LogP contribution in [0.1, 0.15) is 32.7 Å². The van der Waals surface area contributed by atoms with Crippen LogP contribution in [0.2, 0.25) is 0 Å². The topological polar surface area (TPSA) is 99.9 Å². The second-order valence-electron chi connectivity index (χ2n) is 7.52. The van der Waals surface area contributed by atoms with Gasteiger partial charge in [-0.2, -0.15) is 0 Å². The maximum atomic E-state index is 12.8. The fourth-order valence-corrected chi connectivity index (χ4v) is 3.49. The molecule has 33 heavy (non-hydrogen) atoms. The van der Waals surface area contributed by atoms with Crippen LogP contribution >= 0.6 is 0 Å². The highest BCUT2D eigenvalue weighted by molar-refractivity contribution is 6.04. The highest BCUT2D eigenvalue weighted by Crippen LogP contribution is 2.38. The van der Waals surface area contributed by atoms with Crippen molar-refractivity contribution in [3.63, 3.8) is 0 Å². The number of hydrogen-bond donors (Lipinski definition) is 2. The molecule has 0 aliphatic rings. The summed E-state index contributed by atoms with van der Waals surface area (Å²) in [6.45, 7) is 0. The minimum absolute atomic E-state index is 0.117. The molecule has 0 aromatic heterocycles. The van der Waals surface area contributed by atoms with E-state index in [1.165, 1.54) is 21.3 Å². The van der Waals surface area contributed by atoms with Gasteiger partial charge in [0.1, 0.15) is 0 Å². The Morgan fingerprint density at radius 2 is 1.45 bits per heavy atom. The fraction of sp³-hybridized carbons (Fsp3) is 0.231. The molecule has 172 valence electrons. The van der Waals surface area contributed by atoms with Gasteiger partial charge < -0.3 is 25.3 Å². The van der Waals surface area contributed by atoms with Crippen molar-refractivity contribution in [3.8, 4) is 17.2 Å². The first-order chi connectivity index (χ1) is 15.9. The lowest BCUT2D eigenvalue weighted by Crippen LogP contribution is -2.26. The molecule has 0 radical (unpaired) electrons. The third-order valence-electron chi connectivity index (χ3n) is 5.18. The van der Waals surface area contributed by atoms with E-state index in [0.717, 1.165) is 5.56 Å². The highest BCUT2D eigenvalue weighted by Gasteiger charge is 2.19. The number of amides is 1. The summed E-state index contributed by atoms with van der Waals surface area (Å²) in [6, 6.07) is 19.3. The Bertz CT molecular complexity index is 1070. The first-order valence-electron chi connectivity index (χ1n) is 10.5. The molecule has 0 heterocycles. The minimum atomic E-state index is -0.374. The zero-order valence-electron chi connectivity index (χ0n) is 19.0. The largest absolute Gasteiger partial charge is 0.493 e. The summed E-state index contributed by atoms with van der Waals surface area (Å²) in [4.78, 5) is 25.1. The van der Waals surface area contributed by atoms with Crippen molar-refractivity contribution >= 4 is 17.4 Å². The molecule has 1 unspecified atom stereocenters. The van der Waals surface area contributed by atoms with E-state index in [4.69, 9.17) is 19.9 Å². The van der Waals surface area contributed by atoms with E-state index in [1.807, 2.05) is 42.5 Å². The molecule has 0 aliphatic heterocycles. The molecule has 0 aliphatic carbocycles. The second-order valence-corrected chi connectivity index (χ2v) is 7.52. The number of hydrogen-bond acceptors (Lipinski definition) is 6. The first kappa shape index (κ1) is 23.8.